The highest BCUT2D eigenvalue weighted by atomic mass is 35.5. The van der Waals surface area contributed by atoms with Crippen molar-refractivity contribution in [1.29, 1.82) is 0 Å². The number of carbonyl (C=O) groups excluding carboxylic acids is 2. The molecule has 1 saturated carbocycles. The zero-order valence-electron chi connectivity index (χ0n) is 24.4. The first-order valence-electron chi connectivity index (χ1n) is 14.5. The van der Waals surface area contributed by atoms with Crippen LogP contribution in [-0.4, -0.2) is 73.3 Å². The first kappa shape index (κ1) is 30.9. The highest BCUT2D eigenvalue weighted by Gasteiger charge is 2.54. The number of nitrogens with one attached hydrogen (secondary N) is 1. The molecule has 216 valence electrons. The van der Waals surface area contributed by atoms with E-state index in [-0.39, 0.29) is 29.8 Å². The third kappa shape index (κ3) is 6.07. The van der Waals surface area contributed by atoms with Crippen LogP contribution in [0.25, 0.3) is 0 Å². The van der Waals surface area contributed by atoms with E-state index in [0.717, 1.165) is 57.4 Å². The summed E-state index contributed by atoms with van der Waals surface area (Å²) in [6.07, 6.45) is 7.98. The minimum atomic E-state index is -0.844. The number of halogens is 1. The molecule has 0 bridgehead atoms. The molecule has 38 heavy (non-hydrogen) atoms. The molecule has 2 N–H and O–H groups in total. The number of hydrogen-bond acceptors (Lipinski definition) is 5. The Morgan fingerprint density at radius 1 is 1.05 bits per heavy atom. The summed E-state index contributed by atoms with van der Waals surface area (Å²) in [6.45, 7) is 15.8. The molecule has 0 aromatic carbocycles. The topological polar surface area (TPSA) is 90.7 Å². The zero-order chi connectivity index (χ0) is 27.0. The molecule has 1 spiro atoms. The van der Waals surface area contributed by atoms with Gasteiger partial charge in [-0.1, -0.05) is 32.6 Å². The van der Waals surface area contributed by atoms with Crippen molar-refractivity contribution in [2.24, 2.45) is 0 Å². The molecule has 0 radical (unpaired) electrons. The van der Waals surface area contributed by atoms with Crippen molar-refractivity contribution in [1.82, 2.24) is 24.9 Å². The molecule has 9 heteroatoms. The first-order chi connectivity index (χ1) is 17.4. The Bertz CT molecular complexity index is 987. The summed E-state index contributed by atoms with van der Waals surface area (Å²) in [7, 11) is 0. The summed E-state index contributed by atoms with van der Waals surface area (Å²) in [5.41, 5.74) is 1.83. The molecule has 1 aromatic rings. The fraction of sp³-hybridized carbons (Fsp3) is 0.828. The van der Waals surface area contributed by atoms with Crippen LogP contribution in [0.4, 0.5) is 0 Å². The van der Waals surface area contributed by atoms with Crippen molar-refractivity contribution in [2.75, 3.05) is 19.6 Å². The quantitative estimate of drug-likeness (QED) is 0.529. The Morgan fingerprint density at radius 3 is 2.24 bits per heavy atom. The Morgan fingerprint density at radius 2 is 1.68 bits per heavy atom. The summed E-state index contributed by atoms with van der Waals surface area (Å²) in [6, 6.07) is -0.621. The van der Waals surface area contributed by atoms with Crippen LogP contribution in [0.1, 0.15) is 109 Å². The Balaban J connectivity index is 0.00000400. The van der Waals surface area contributed by atoms with Gasteiger partial charge in [0.15, 0.2) is 0 Å². The molecular formula is C29H50ClN5O3. The van der Waals surface area contributed by atoms with E-state index < -0.39 is 17.2 Å². The van der Waals surface area contributed by atoms with Gasteiger partial charge in [-0.3, -0.25) is 19.2 Å². The van der Waals surface area contributed by atoms with Crippen molar-refractivity contribution >= 4 is 24.2 Å². The number of aliphatic hydroxyl groups is 1. The van der Waals surface area contributed by atoms with Crippen LogP contribution in [-0.2, 0) is 21.7 Å². The first-order valence-corrected chi connectivity index (χ1v) is 14.5. The lowest BCUT2D eigenvalue weighted by Crippen LogP contribution is -2.73. The number of likely N-dealkylation sites (tertiary alicyclic amines) is 1. The summed E-state index contributed by atoms with van der Waals surface area (Å²) in [5, 5.41) is 19.0. The molecule has 2 amide bonds. The summed E-state index contributed by atoms with van der Waals surface area (Å²) in [4.78, 5) is 31.8. The van der Waals surface area contributed by atoms with Crippen LogP contribution in [0, 0.1) is 13.8 Å². The number of aryl methyl sites for hydroxylation is 1. The van der Waals surface area contributed by atoms with Crippen LogP contribution in [0.15, 0.2) is 0 Å². The molecule has 1 atom stereocenters. The van der Waals surface area contributed by atoms with Gasteiger partial charge in [0.1, 0.15) is 11.6 Å². The molecular weight excluding hydrogens is 502 g/mol. The fourth-order valence-corrected chi connectivity index (χ4v) is 6.81. The van der Waals surface area contributed by atoms with Crippen molar-refractivity contribution < 1.29 is 14.7 Å². The Labute approximate surface area is 235 Å². The number of unbranched alkanes of at least 4 members (excludes halogenated alkanes) is 1. The lowest BCUT2D eigenvalue weighted by molar-refractivity contribution is -0.163. The molecule has 8 nitrogen and oxygen atoms in total. The molecule has 1 aromatic heterocycles. The van der Waals surface area contributed by atoms with Gasteiger partial charge in [0.25, 0.3) is 0 Å². The molecule has 4 rings (SSSR count). The van der Waals surface area contributed by atoms with E-state index in [0.29, 0.717) is 38.6 Å². The monoisotopic (exact) mass is 551 g/mol. The van der Waals surface area contributed by atoms with Crippen molar-refractivity contribution in [2.45, 2.75) is 135 Å². The molecule has 3 aliphatic rings. The maximum Gasteiger partial charge on any atom is 0.246 e. The second-order valence-corrected chi connectivity index (χ2v) is 12.9. The molecule has 3 fully saturated rings. The van der Waals surface area contributed by atoms with E-state index in [1.54, 1.807) is 0 Å². The van der Waals surface area contributed by atoms with E-state index in [1.807, 2.05) is 4.90 Å². The number of nitrogens with zero attached hydrogens (tertiary/aromatic N) is 4. The standard InChI is InChI=1S/C29H49N5O3.ClH/c1-7-8-16-33-25(35)24(19-28(37)12-10-9-11-13-28)30-26(36)29(33)14-17-32(18-15-29)20-23-21(2)31-34(22(23)3)27(4,5)6;/h24,37H,7-20H2,1-6H3,(H,30,36);1H/t24-;/m1./s1. The maximum atomic E-state index is 13.8. The van der Waals surface area contributed by atoms with Gasteiger partial charge < -0.3 is 15.3 Å². The average Bonchev–Trinajstić information content (AvgIpc) is 3.13. The molecule has 0 unspecified atom stereocenters. The van der Waals surface area contributed by atoms with E-state index in [4.69, 9.17) is 5.10 Å². The number of carbonyl (C=O) groups is 2. The number of piperidine rings is 1. The minimum absolute atomic E-state index is 0. The Hall–Kier alpha value is -1.64. The summed E-state index contributed by atoms with van der Waals surface area (Å²) >= 11 is 0. The minimum Gasteiger partial charge on any atom is -0.390 e. The lowest BCUT2D eigenvalue weighted by Gasteiger charge is -2.52. The predicted octanol–water partition coefficient (Wildman–Crippen LogP) is 4.22. The number of piperazine rings is 1. The number of amides is 2. The third-order valence-corrected chi connectivity index (χ3v) is 9.05. The van der Waals surface area contributed by atoms with E-state index in [2.05, 4.69) is 56.4 Å². The maximum absolute atomic E-state index is 13.8. The normalized spacial score (nSPS) is 23.9. The number of rotatable bonds is 7. The fourth-order valence-electron chi connectivity index (χ4n) is 6.81. The predicted molar refractivity (Wildman–Crippen MR) is 152 cm³/mol. The average molecular weight is 552 g/mol. The van der Waals surface area contributed by atoms with Gasteiger partial charge in [0.2, 0.25) is 11.8 Å². The third-order valence-electron chi connectivity index (χ3n) is 9.05. The van der Waals surface area contributed by atoms with Gasteiger partial charge in [-0.2, -0.15) is 5.10 Å². The van der Waals surface area contributed by atoms with Crippen LogP contribution in [0.3, 0.4) is 0 Å². The van der Waals surface area contributed by atoms with Crippen molar-refractivity contribution in [3.05, 3.63) is 17.0 Å². The summed E-state index contributed by atoms with van der Waals surface area (Å²) in [5.74, 6) is -0.0289. The molecule has 3 heterocycles. The van der Waals surface area contributed by atoms with Crippen LogP contribution >= 0.6 is 12.4 Å². The molecule has 1 aliphatic carbocycles. The van der Waals surface area contributed by atoms with Gasteiger partial charge in [0, 0.05) is 43.9 Å². The van der Waals surface area contributed by atoms with E-state index in [9.17, 15) is 14.7 Å². The van der Waals surface area contributed by atoms with Gasteiger partial charge in [-0.15, -0.1) is 12.4 Å². The van der Waals surface area contributed by atoms with Gasteiger partial charge in [-0.25, -0.2) is 0 Å². The second kappa shape index (κ2) is 11.8. The SMILES string of the molecule is CCCCN1C(=O)[C@@H](CC2(O)CCCCC2)NC(=O)C12CCN(Cc1c(C)nn(C(C)(C)C)c1C)CC2.Cl. The smallest absolute Gasteiger partial charge is 0.246 e. The lowest BCUT2D eigenvalue weighted by atomic mass is 9.77. The zero-order valence-corrected chi connectivity index (χ0v) is 25.3. The van der Waals surface area contributed by atoms with Crippen LogP contribution in [0.2, 0.25) is 0 Å². The van der Waals surface area contributed by atoms with Gasteiger partial charge >= 0.3 is 0 Å². The van der Waals surface area contributed by atoms with Crippen LogP contribution in [0.5, 0.6) is 0 Å². The molecule has 2 saturated heterocycles. The highest BCUT2D eigenvalue weighted by Crippen LogP contribution is 2.38. The summed E-state index contributed by atoms with van der Waals surface area (Å²) < 4.78 is 2.11. The largest absolute Gasteiger partial charge is 0.390 e. The van der Waals surface area contributed by atoms with Crippen molar-refractivity contribution in [3.8, 4) is 0 Å². The second-order valence-electron chi connectivity index (χ2n) is 12.9. The van der Waals surface area contributed by atoms with Gasteiger partial charge in [0.05, 0.1) is 16.8 Å². The number of hydrogen-bond donors (Lipinski definition) is 2. The number of aromatic nitrogens is 2. The van der Waals surface area contributed by atoms with Gasteiger partial charge in [-0.05, 0) is 66.7 Å². The highest BCUT2D eigenvalue weighted by molar-refractivity contribution is 6.00. The molecule has 2 aliphatic heterocycles. The van der Waals surface area contributed by atoms with Crippen LogP contribution < -0.4 is 5.32 Å². The van der Waals surface area contributed by atoms with E-state index in [1.165, 1.54) is 11.3 Å². The van der Waals surface area contributed by atoms with E-state index >= 15 is 0 Å². The van der Waals surface area contributed by atoms with Crippen molar-refractivity contribution in [3.63, 3.8) is 0 Å². The Kier molecular flexibility index (Phi) is 9.63.